The summed E-state index contributed by atoms with van der Waals surface area (Å²) in [6.45, 7) is 0. The van der Waals surface area contributed by atoms with E-state index in [9.17, 15) is 13.2 Å². The summed E-state index contributed by atoms with van der Waals surface area (Å²) in [5.74, 6) is -2.43. The first-order valence-electron chi connectivity index (χ1n) is 5.64. The van der Waals surface area contributed by atoms with Crippen LogP contribution in [-0.2, 0) is 0 Å². The van der Waals surface area contributed by atoms with E-state index >= 15 is 0 Å². The van der Waals surface area contributed by atoms with Gasteiger partial charge in [0, 0.05) is 0 Å². The number of aromatic nitrogens is 2. The van der Waals surface area contributed by atoms with Crippen LogP contribution in [0.4, 0.5) is 13.2 Å². The van der Waals surface area contributed by atoms with Crippen molar-refractivity contribution >= 4 is 22.5 Å². The molecule has 3 rings (SSSR count). The van der Waals surface area contributed by atoms with Crippen molar-refractivity contribution in [1.82, 2.24) is 9.97 Å². The highest BCUT2D eigenvalue weighted by Crippen LogP contribution is 2.29. The lowest BCUT2D eigenvalue weighted by molar-refractivity contribution is 0.587. The van der Waals surface area contributed by atoms with E-state index in [2.05, 4.69) is 9.97 Å². The summed E-state index contributed by atoms with van der Waals surface area (Å²) in [7, 11) is 0. The van der Waals surface area contributed by atoms with Crippen LogP contribution in [-0.4, -0.2) is 9.97 Å². The van der Waals surface area contributed by atoms with Crippen molar-refractivity contribution in [2.45, 2.75) is 0 Å². The molecule has 1 aromatic heterocycles. The summed E-state index contributed by atoms with van der Waals surface area (Å²) in [5.41, 5.74) is -0.205. The van der Waals surface area contributed by atoms with Crippen LogP contribution in [0.25, 0.3) is 22.3 Å². The number of hydrogen-bond acceptors (Lipinski definition) is 2. The van der Waals surface area contributed by atoms with Crippen molar-refractivity contribution in [2.75, 3.05) is 0 Å². The molecule has 0 atom stereocenters. The van der Waals surface area contributed by atoms with Gasteiger partial charge in [0.25, 0.3) is 0 Å². The molecule has 0 spiro atoms. The monoisotopic (exact) mass is 294 g/mol. The molecular formula is C14H6ClF3N2. The van der Waals surface area contributed by atoms with E-state index in [4.69, 9.17) is 11.6 Å². The van der Waals surface area contributed by atoms with Gasteiger partial charge in [0.05, 0.1) is 16.5 Å². The topological polar surface area (TPSA) is 25.8 Å². The molecule has 2 aromatic carbocycles. The summed E-state index contributed by atoms with van der Waals surface area (Å²) >= 11 is 5.89. The number of rotatable bonds is 1. The smallest absolute Gasteiger partial charge is 0.167 e. The Morgan fingerprint density at radius 2 is 1.40 bits per heavy atom. The average molecular weight is 295 g/mol. The predicted molar refractivity (Wildman–Crippen MR) is 69.9 cm³/mol. The molecule has 0 radical (unpaired) electrons. The molecule has 0 aliphatic carbocycles. The van der Waals surface area contributed by atoms with E-state index in [1.54, 1.807) is 0 Å². The van der Waals surface area contributed by atoms with Gasteiger partial charge in [0.2, 0.25) is 0 Å². The minimum atomic E-state index is -0.809. The molecule has 0 N–H and O–H groups in total. The fourth-order valence-corrected chi connectivity index (χ4v) is 2.19. The van der Waals surface area contributed by atoms with Crippen LogP contribution in [0.1, 0.15) is 0 Å². The molecule has 6 heteroatoms. The van der Waals surface area contributed by atoms with E-state index < -0.39 is 17.5 Å². The Morgan fingerprint density at radius 3 is 2.10 bits per heavy atom. The third-order valence-electron chi connectivity index (χ3n) is 2.81. The van der Waals surface area contributed by atoms with Crippen LogP contribution in [0, 0.1) is 17.5 Å². The molecule has 1 heterocycles. The molecule has 0 saturated carbocycles. The van der Waals surface area contributed by atoms with Crippen molar-refractivity contribution in [3.8, 4) is 11.4 Å². The average Bonchev–Trinajstić information content (AvgIpc) is 2.38. The third kappa shape index (κ3) is 2.00. The summed E-state index contributed by atoms with van der Waals surface area (Å²) < 4.78 is 41.0. The predicted octanol–water partition coefficient (Wildman–Crippen LogP) is 4.37. The van der Waals surface area contributed by atoms with Crippen molar-refractivity contribution in [3.05, 3.63) is 59.0 Å². The van der Waals surface area contributed by atoms with E-state index in [1.807, 2.05) is 0 Å². The molecule has 20 heavy (non-hydrogen) atoms. The Labute approximate surface area is 116 Å². The van der Waals surface area contributed by atoms with Gasteiger partial charge in [0.15, 0.2) is 5.82 Å². The Balaban J connectivity index is 2.34. The normalized spacial score (nSPS) is 11.0. The van der Waals surface area contributed by atoms with Gasteiger partial charge in [-0.1, -0.05) is 23.7 Å². The first kappa shape index (κ1) is 12.9. The molecule has 0 fully saturated rings. The van der Waals surface area contributed by atoms with E-state index in [0.717, 1.165) is 12.1 Å². The highest BCUT2D eigenvalue weighted by molar-refractivity contribution is 6.34. The molecule has 0 aliphatic rings. The van der Waals surface area contributed by atoms with Crippen molar-refractivity contribution < 1.29 is 13.2 Å². The third-order valence-corrected chi connectivity index (χ3v) is 3.09. The lowest BCUT2D eigenvalue weighted by atomic mass is 10.1. The quantitative estimate of drug-likeness (QED) is 0.623. The fraction of sp³-hybridized carbons (Fsp3) is 0. The highest BCUT2D eigenvalue weighted by atomic mass is 35.5. The van der Waals surface area contributed by atoms with Crippen LogP contribution in [0.15, 0.2) is 36.4 Å². The van der Waals surface area contributed by atoms with Crippen molar-refractivity contribution in [1.29, 1.82) is 0 Å². The molecule has 0 bridgehead atoms. The van der Waals surface area contributed by atoms with Crippen LogP contribution in [0.3, 0.4) is 0 Å². The second-order valence-electron chi connectivity index (χ2n) is 4.07. The summed E-state index contributed by atoms with van der Waals surface area (Å²) in [4.78, 5) is 7.76. The number of hydrogen-bond donors (Lipinski definition) is 0. The van der Waals surface area contributed by atoms with Gasteiger partial charge >= 0.3 is 0 Å². The zero-order valence-corrected chi connectivity index (χ0v) is 10.6. The second kappa shape index (κ2) is 4.76. The zero-order valence-electron chi connectivity index (χ0n) is 9.87. The minimum Gasteiger partial charge on any atom is -0.228 e. The highest BCUT2D eigenvalue weighted by Gasteiger charge is 2.17. The van der Waals surface area contributed by atoms with E-state index in [0.29, 0.717) is 0 Å². The summed E-state index contributed by atoms with van der Waals surface area (Å²) in [5, 5.41) is -0.166. The van der Waals surface area contributed by atoms with E-state index in [-0.39, 0.29) is 27.4 Å². The summed E-state index contributed by atoms with van der Waals surface area (Å²) in [6.07, 6.45) is 0. The number of benzene rings is 2. The Morgan fingerprint density at radius 1 is 0.800 bits per heavy atom. The summed E-state index contributed by atoms with van der Waals surface area (Å²) in [6, 6.07) is 7.55. The molecule has 0 aliphatic heterocycles. The fourth-order valence-electron chi connectivity index (χ4n) is 1.92. The van der Waals surface area contributed by atoms with Gasteiger partial charge in [-0.2, -0.15) is 0 Å². The second-order valence-corrected chi connectivity index (χ2v) is 4.43. The minimum absolute atomic E-state index is 0.0228. The van der Waals surface area contributed by atoms with Gasteiger partial charge in [-0.3, -0.25) is 0 Å². The Kier molecular flexibility index (Phi) is 3.06. The Bertz CT molecular complexity index is 801. The first-order chi connectivity index (χ1) is 9.58. The van der Waals surface area contributed by atoms with Gasteiger partial charge < -0.3 is 0 Å². The molecule has 100 valence electrons. The van der Waals surface area contributed by atoms with Gasteiger partial charge in [0.1, 0.15) is 22.6 Å². The first-order valence-corrected chi connectivity index (χ1v) is 6.02. The lowest BCUT2D eigenvalue weighted by Gasteiger charge is -2.07. The van der Waals surface area contributed by atoms with Crippen LogP contribution in [0.2, 0.25) is 5.15 Å². The maximum absolute atomic E-state index is 13.7. The molecule has 0 saturated heterocycles. The van der Waals surface area contributed by atoms with Crippen LogP contribution < -0.4 is 0 Å². The van der Waals surface area contributed by atoms with E-state index in [1.165, 1.54) is 24.3 Å². The standard InChI is InChI=1S/C14H6ClF3N2/c15-13-12-9(18)5-2-6-10(12)19-14(20-13)11-7(16)3-1-4-8(11)17/h1-6H. The van der Waals surface area contributed by atoms with Crippen LogP contribution >= 0.6 is 11.6 Å². The molecule has 0 amide bonds. The molecule has 0 unspecified atom stereocenters. The Hall–Kier alpha value is -2.14. The largest absolute Gasteiger partial charge is 0.228 e. The van der Waals surface area contributed by atoms with Crippen LogP contribution in [0.5, 0.6) is 0 Å². The number of nitrogens with zero attached hydrogens (tertiary/aromatic N) is 2. The number of fused-ring (bicyclic) bond motifs is 1. The molecule has 2 nitrogen and oxygen atoms in total. The molecular weight excluding hydrogens is 289 g/mol. The zero-order chi connectivity index (χ0) is 14.3. The molecule has 3 aromatic rings. The van der Waals surface area contributed by atoms with Gasteiger partial charge in [-0.25, -0.2) is 23.1 Å². The van der Waals surface area contributed by atoms with Gasteiger partial charge in [-0.05, 0) is 24.3 Å². The maximum atomic E-state index is 13.7. The SMILES string of the molecule is Fc1cccc(F)c1-c1nc(Cl)c2c(F)cccc2n1. The lowest BCUT2D eigenvalue weighted by Crippen LogP contribution is -1.98. The number of halogens is 4. The van der Waals surface area contributed by atoms with Crippen molar-refractivity contribution in [2.24, 2.45) is 0 Å². The van der Waals surface area contributed by atoms with Gasteiger partial charge in [-0.15, -0.1) is 0 Å². The van der Waals surface area contributed by atoms with Crippen molar-refractivity contribution in [3.63, 3.8) is 0 Å². The maximum Gasteiger partial charge on any atom is 0.167 e.